The highest BCUT2D eigenvalue weighted by atomic mass is 32.2. The zero-order valence-corrected chi connectivity index (χ0v) is 15.2. The van der Waals surface area contributed by atoms with Gasteiger partial charge in [0.1, 0.15) is 0 Å². The molecule has 1 unspecified atom stereocenters. The fraction of sp³-hybridized carbons (Fsp3) is 0.474. The zero-order valence-electron chi connectivity index (χ0n) is 14.4. The second kappa shape index (κ2) is 9.68. The Kier molecular flexibility index (Phi) is 8.28. The summed E-state index contributed by atoms with van der Waals surface area (Å²) in [7, 11) is -3.71. The van der Waals surface area contributed by atoms with E-state index >= 15 is 0 Å². The fourth-order valence-electron chi connectivity index (χ4n) is 2.22. The number of hydrogen-bond acceptors (Lipinski definition) is 3. The molecule has 1 aromatic carbocycles. The third-order valence-corrected chi connectivity index (χ3v) is 4.92. The summed E-state index contributed by atoms with van der Waals surface area (Å²) in [6.07, 6.45) is 7.66. The van der Waals surface area contributed by atoms with Gasteiger partial charge in [0.2, 0.25) is 0 Å². The van der Waals surface area contributed by atoms with Crippen LogP contribution in [0.5, 0.6) is 0 Å². The van der Waals surface area contributed by atoms with Crippen LogP contribution in [-0.2, 0) is 14.3 Å². The summed E-state index contributed by atoms with van der Waals surface area (Å²) in [5.74, 6) is 0. The molecule has 0 heterocycles. The molecule has 0 radical (unpaired) electrons. The van der Waals surface area contributed by atoms with Gasteiger partial charge < -0.3 is 0 Å². The highest BCUT2D eigenvalue weighted by Gasteiger charge is 2.21. The Hall–Kier alpha value is -1.39. The minimum Gasteiger partial charge on any atom is -0.263 e. The van der Waals surface area contributed by atoms with Gasteiger partial charge in [-0.2, -0.15) is 8.42 Å². The first-order chi connectivity index (χ1) is 10.8. The normalized spacial score (nSPS) is 12.7. The van der Waals surface area contributed by atoms with Crippen LogP contribution in [0.1, 0.15) is 51.5 Å². The first-order valence-corrected chi connectivity index (χ1v) is 9.50. The maximum Gasteiger partial charge on any atom is 0.297 e. The second-order valence-corrected chi connectivity index (χ2v) is 7.64. The molecular weight excluding hydrogens is 308 g/mol. The Balaban J connectivity index is 2.72. The summed E-state index contributed by atoms with van der Waals surface area (Å²) in [6.45, 7) is 9.75. The van der Waals surface area contributed by atoms with E-state index in [0.717, 1.165) is 31.2 Å². The molecule has 1 atom stereocenters. The number of aryl methyl sites for hydroxylation is 1. The highest BCUT2D eigenvalue weighted by Crippen LogP contribution is 2.20. The molecule has 1 rings (SSSR count). The van der Waals surface area contributed by atoms with Gasteiger partial charge in [0, 0.05) is 0 Å². The zero-order chi connectivity index (χ0) is 17.3. The van der Waals surface area contributed by atoms with E-state index in [1.54, 1.807) is 30.3 Å². The summed E-state index contributed by atoms with van der Waals surface area (Å²) >= 11 is 0. The van der Waals surface area contributed by atoms with Gasteiger partial charge in [-0.05, 0) is 65.0 Å². The van der Waals surface area contributed by atoms with Crippen molar-refractivity contribution in [1.29, 1.82) is 0 Å². The minimum atomic E-state index is -3.71. The van der Waals surface area contributed by atoms with Gasteiger partial charge in [-0.3, -0.25) is 4.18 Å². The topological polar surface area (TPSA) is 43.4 Å². The van der Waals surface area contributed by atoms with E-state index in [4.69, 9.17) is 4.18 Å². The third-order valence-electron chi connectivity index (χ3n) is 3.55. The van der Waals surface area contributed by atoms with Crippen LogP contribution in [0.4, 0.5) is 0 Å². The van der Waals surface area contributed by atoms with E-state index in [9.17, 15) is 8.42 Å². The van der Waals surface area contributed by atoms with Crippen molar-refractivity contribution in [2.24, 2.45) is 0 Å². The molecule has 1 aromatic rings. The Morgan fingerprint density at radius 3 is 2.39 bits per heavy atom. The number of rotatable bonds is 10. The van der Waals surface area contributed by atoms with Crippen LogP contribution < -0.4 is 0 Å². The Labute approximate surface area is 141 Å². The van der Waals surface area contributed by atoms with Gasteiger partial charge in [-0.15, -0.1) is 6.58 Å². The molecule has 0 fully saturated rings. The Morgan fingerprint density at radius 2 is 1.83 bits per heavy atom. The lowest BCUT2D eigenvalue weighted by Crippen LogP contribution is -2.18. The van der Waals surface area contributed by atoms with E-state index in [1.807, 2.05) is 6.92 Å². The number of unbranched alkanes of at least 4 members (excludes halogenated alkanes) is 1. The smallest absolute Gasteiger partial charge is 0.263 e. The predicted molar refractivity (Wildman–Crippen MR) is 96.0 cm³/mol. The molecular formula is C19H28O3S. The first kappa shape index (κ1) is 19.7. The molecule has 0 aliphatic heterocycles. The summed E-state index contributed by atoms with van der Waals surface area (Å²) < 4.78 is 30.3. The van der Waals surface area contributed by atoms with Gasteiger partial charge >= 0.3 is 0 Å². The van der Waals surface area contributed by atoms with Crippen LogP contribution in [0.15, 0.2) is 53.5 Å². The summed E-state index contributed by atoms with van der Waals surface area (Å²) in [4.78, 5) is 0.219. The quantitative estimate of drug-likeness (QED) is 0.336. The molecule has 0 aliphatic rings. The second-order valence-electron chi connectivity index (χ2n) is 6.06. The van der Waals surface area contributed by atoms with Gasteiger partial charge in [0.15, 0.2) is 0 Å². The van der Waals surface area contributed by atoms with Crippen molar-refractivity contribution in [3.63, 3.8) is 0 Å². The van der Waals surface area contributed by atoms with Crippen LogP contribution in [0, 0.1) is 6.92 Å². The maximum absolute atomic E-state index is 12.4. The van der Waals surface area contributed by atoms with Gasteiger partial charge in [-0.25, -0.2) is 0 Å². The summed E-state index contributed by atoms with van der Waals surface area (Å²) in [5.41, 5.74) is 2.30. The average molecular weight is 336 g/mol. The largest absolute Gasteiger partial charge is 0.297 e. The number of benzene rings is 1. The lowest BCUT2D eigenvalue weighted by molar-refractivity contribution is 0.187. The molecule has 0 bridgehead atoms. The fourth-order valence-corrected chi connectivity index (χ4v) is 3.35. The van der Waals surface area contributed by atoms with E-state index in [-0.39, 0.29) is 11.0 Å². The first-order valence-electron chi connectivity index (χ1n) is 8.09. The van der Waals surface area contributed by atoms with Crippen molar-refractivity contribution in [3.8, 4) is 0 Å². The third kappa shape index (κ3) is 7.62. The molecule has 0 spiro atoms. The van der Waals surface area contributed by atoms with Gasteiger partial charge in [0.05, 0.1) is 11.0 Å². The van der Waals surface area contributed by atoms with Gasteiger partial charge in [0.25, 0.3) is 10.1 Å². The molecule has 0 aliphatic carbocycles. The van der Waals surface area contributed by atoms with Crippen LogP contribution in [-0.4, -0.2) is 14.5 Å². The molecule has 0 saturated heterocycles. The molecule has 128 valence electrons. The number of allylic oxidation sites excluding steroid dienone is 3. The van der Waals surface area contributed by atoms with Crippen LogP contribution in [0.2, 0.25) is 0 Å². The van der Waals surface area contributed by atoms with Crippen molar-refractivity contribution >= 4 is 10.1 Å². The monoisotopic (exact) mass is 336 g/mol. The maximum atomic E-state index is 12.4. The molecule has 0 saturated carbocycles. The van der Waals surface area contributed by atoms with Crippen LogP contribution in [0.25, 0.3) is 0 Å². The Bertz CT molecular complexity index is 609. The molecule has 0 amide bonds. The standard InChI is InChI=1S/C19H28O3S/c1-5-6-10-18(11-8-7-9-16(2)3)22-23(20,21)19-14-12-17(4)13-15-19/h5,9,12-15,18H,1,6-8,10-11H2,2-4H3. The number of hydrogen-bond donors (Lipinski definition) is 0. The van der Waals surface area contributed by atoms with E-state index < -0.39 is 10.1 Å². The Morgan fingerprint density at radius 1 is 1.17 bits per heavy atom. The SMILES string of the molecule is C=CCCC(CCCC=C(C)C)OS(=O)(=O)c1ccc(C)cc1. The van der Waals surface area contributed by atoms with Crippen LogP contribution >= 0.6 is 0 Å². The van der Waals surface area contributed by atoms with Crippen molar-refractivity contribution in [1.82, 2.24) is 0 Å². The average Bonchev–Trinajstić information content (AvgIpc) is 2.49. The minimum absolute atomic E-state index is 0.219. The van der Waals surface area contributed by atoms with Crippen molar-refractivity contribution in [2.45, 2.75) is 63.9 Å². The van der Waals surface area contributed by atoms with E-state index in [0.29, 0.717) is 6.42 Å². The molecule has 23 heavy (non-hydrogen) atoms. The molecule has 3 nitrogen and oxygen atoms in total. The molecule has 0 aromatic heterocycles. The van der Waals surface area contributed by atoms with E-state index in [1.165, 1.54) is 5.57 Å². The molecule has 0 N–H and O–H groups in total. The predicted octanol–water partition coefficient (Wildman–Crippen LogP) is 5.17. The van der Waals surface area contributed by atoms with Crippen molar-refractivity contribution in [3.05, 3.63) is 54.1 Å². The summed E-state index contributed by atoms with van der Waals surface area (Å²) in [5, 5.41) is 0. The van der Waals surface area contributed by atoms with Crippen molar-refractivity contribution < 1.29 is 12.6 Å². The molecule has 4 heteroatoms. The van der Waals surface area contributed by atoms with Crippen LogP contribution in [0.3, 0.4) is 0 Å². The summed E-state index contributed by atoms with van der Waals surface area (Å²) in [6, 6.07) is 6.75. The lowest BCUT2D eigenvalue weighted by Gasteiger charge is -2.17. The van der Waals surface area contributed by atoms with E-state index in [2.05, 4.69) is 26.5 Å². The van der Waals surface area contributed by atoms with Gasteiger partial charge in [-0.1, -0.05) is 35.4 Å². The highest BCUT2D eigenvalue weighted by molar-refractivity contribution is 7.86. The lowest BCUT2D eigenvalue weighted by atomic mass is 10.1. The van der Waals surface area contributed by atoms with Crippen molar-refractivity contribution in [2.75, 3.05) is 0 Å².